The summed E-state index contributed by atoms with van der Waals surface area (Å²) < 4.78 is 0. The zero-order valence-electron chi connectivity index (χ0n) is 31.4. The van der Waals surface area contributed by atoms with Crippen LogP contribution in [0.1, 0.15) is 145 Å². The molecule has 2 rings (SSSR count). The molecule has 0 saturated heterocycles. The summed E-state index contributed by atoms with van der Waals surface area (Å²) in [6.07, 6.45) is 11.5. The van der Waals surface area contributed by atoms with Crippen molar-refractivity contribution < 1.29 is 14.4 Å². The van der Waals surface area contributed by atoms with Crippen molar-refractivity contribution in [2.24, 2.45) is 17.3 Å². The van der Waals surface area contributed by atoms with Crippen molar-refractivity contribution in [1.29, 1.82) is 5.26 Å². The Labute approximate surface area is 289 Å². The normalized spacial score (nSPS) is 16.5. The van der Waals surface area contributed by atoms with Gasteiger partial charge in [-0.25, -0.2) is 9.99 Å². The van der Waals surface area contributed by atoms with Gasteiger partial charge in [-0.1, -0.05) is 126 Å². The van der Waals surface area contributed by atoms with E-state index in [0.29, 0.717) is 23.8 Å². The van der Waals surface area contributed by atoms with Crippen LogP contribution in [0.25, 0.3) is 6.08 Å². The molecule has 1 aliphatic rings. The number of aromatic nitrogens is 1. The van der Waals surface area contributed by atoms with Crippen molar-refractivity contribution in [2.75, 3.05) is 25.0 Å². The smallest absolute Gasteiger partial charge is 0.290 e. The zero-order chi connectivity index (χ0) is 35.7. The van der Waals surface area contributed by atoms with Crippen molar-refractivity contribution in [3.05, 3.63) is 27.3 Å². The molecule has 0 aliphatic carbocycles. The Morgan fingerprint density at radius 2 is 1.47 bits per heavy atom. The number of hydrazine groups is 1. The third-order valence-corrected chi connectivity index (χ3v) is 10.2. The van der Waals surface area contributed by atoms with Gasteiger partial charge in [-0.15, -0.1) is 0 Å². The summed E-state index contributed by atoms with van der Waals surface area (Å²) in [4.78, 5) is 49.6. The molecule has 1 aliphatic heterocycles. The molecule has 47 heavy (non-hydrogen) atoms. The monoisotopic (exact) mass is 667 g/mol. The van der Waals surface area contributed by atoms with E-state index in [1.807, 2.05) is 19.1 Å². The van der Waals surface area contributed by atoms with Crippen LogP contribution in [0, 0.1) is 28.6 Å². The standard InChI is InChI=1S/C38H61N5O3S/c1-13-18-20-26(15-3)24-42(25-27(16-4)21-19-14-2)36-40-32(37(6,7)8)31(47-36)22-29-28(17-5)30(23-39)34(45)43(33(29)44)41(12)35(46)38(9,10)11/h22,26-27H,13-21,24-25H2,1-12H3/b29-22-. The molecule has 0 radical (unpaired) electrons. The summed E-state index contributed by atoms with van der Waals surface area (Å²) >= 11 is 1.58. The maximum Gasteiger partial charge on any atom is 0.290 e. The van der Waals surface area contributed by atoms with Gasteiger partial charge in [0.15, 0.2) is 5.13 Å². The topological polar surface area (TPSA) is 97.6 Å². The van der Waals surface area contributed by atoms with Gasteiger partial charge in [0, 0.05) is 36.5 Å². The van der Waals surface area contributed by atoms with Gasteiger partial charge in [0.2, 0.25) is 5.91 Å². The molecule has 2 unspecified atom stereocenters. The van der Waals surface area contributed by atoms with Crippen molar-refractivity contribution in [1.82, 2.24) is 15.0 Å². The molecule has 8 nitrogen and oxygen atoms in total. The molecule has 0 bridgehead atoms. The molecular formula is C38H61N5O3S. The van der Waals surface area contributed by atoms with Crippen LogP contribution in [0.5, 0.6) is 0 Å². The summed E-state index contributed by atoms with van der Waals surface area (Å²) in [5, 5.41) is 13.0. The molecule has 262 valence electrons. The first-order valence-corrected chi connectivity index (χ1v) is 18.6. The number of hydrogen-bond donors (Lipinski definition) is 0. The van der Waals surface area contributed by atoms with Crippen LogP contribution in [0.3, 0.4) is 0 Å². The van der Waals surface area contributed by atoms with Gasteiger partial charge < -0.3 is 4.90 Å². The average Bonchev–Trinajstić information content (AvgIpc) is 3.45. The number of thiazole rings is 1. The van der Waals surface area contributed by atoms with E-state index in [4.69, 9.17) is 4.98 Å². The minimum absolute atomic E-state index is 0.112. The van der Waals surface area contributed by atoms with Crippen LogP contribution in [0.2, 0.25) is 0 Å². The van der Waals surface area contributed by atoms with Gasteiger partial charge in [0.1, 0.15) is 11.6 Å². The summed E-state index contributed by atoms with van der Waals surface area (Å²) in [7, 11) is 1.42. The van der Waals surface area contributed by atoms with E-state index in [1.54, 1.807) is 32.1 Å². The van der Waals surface area contributed by atoms with Crippen LogP contribution >= 0.6 is 11.3 Å². The number of amides is 3. The van der Waals surface area contributed by atoms with Crippen LogP contribution < -0.4 is 4.90 Å². The number of nitriles is 1. The van der Waals surface area contributed by atoms with Crippen LogP contribution in [-0.4, -0.2) is 52.9 Å². The number of imide groups is 1. The molecule has 0 aromatic carbocycles. The van der Waals surface area contributed by atoms with Crippen molar-refractivity contribution >= 4 is 40.3 Å². The maximum absolute atomic E-state index is 14.2. The van der Waals surface area contributed by atoms with Gasteiger partial charge in [-0.05, 0) is 42.7 Å². The highest BCUT2D eigenvalue weighted by molar-refractivity contribution is 7.16. The maximum atomic E-state index is 14.2. The third-order valence-electron chi connectivity index (χ3n) is 9.10. The van der Waals surface area contributed by atoms with E-state index in [0.717, 1.165) is 51.7 Å². The second-order valence-electron chi connectivity index (χ2n) is 15.1. The number of unbranched alkanes of at least 4 members (excludes halogenated alkanes) is 2. The number of nitrogens with zero attached hydrogens (tertiary/aromatic N) is 5. The molecule has 1 aromatic rings. The number of rotatable bonds is 16. The lowest BCUT2D eigenvalue weighted by atomic mass is 9.88. The van der Waals surface area contributed by atoms with E-state index in [-0.39, 0.29) is 16.6 Å². The van der Waals surface area contributed by atoms with Gasteiger partial charge in [0.05, 0.1) is 10.6 Å². The lowest BCUT2D eigenvalue weighted by Crippen LogP contribution is -2.56. The molecule has 0 spiro atoms. The minimum atomic E-state index is -0.836. The lowest BCUT2D eigenvalue weighted by Gasteiger charge is -2.37. The second kappa shape index (κ2) is 17.4. The van der Waals surface area contributed by atoms with Crippen molar-refractivity contribution in [2.45, 2.75) is 139 Å². The fourth-order valence-corrected chi connectivity index (χ4v) is 7.33. The van der Waals surface area contributed by atoms with Crippen LogP contribution in [-0.2, 0) is 19.8 Å². The molecule has 9 heteroatoms. The minimum Gasteiger partial charge on any atom is -0.348 e. The number of hydrogen-bond acceptors (Lipinski definition) is 7. The predicted octanol–water partition coefficient (Wildman–Crippen LogP) is 9.08. The van der Waals surface area contributed by atoms with E-state index in [2.05, 4.69) is 53.4 Å². The molecule has 2 heterocycles. The van der Waals surface area contributed by atoms with Gasteiger partial charge in [-0.3, -0.25) is 14.4 Å². The summed E-state index contributed by atoms with van der Waals surface area (Å²) in [6, 6.07) is 2.05. The highest BCUT2D eigenvalue weighted by Crippen LogP contribution is 2.39. The summed E-state index contributed by atoms with van der Waals surface area (Å²) in [5.41, 5.74) is 0.260. The first-order valence-electron chi connectivity index (χ1n) is 17.8. The number of carbonyl (C=O) groups is 3. The first-order chi connectivity index (χ1) is 22.0. The van der Waals surface area contributed by atoms with Crippen LogP contribution in [0.4, 0.5) is 5.13 Å². The molecule has 2 atom stereocenters. The van der Waals surface area contributed by atoms with E-state index in [1.165, 1.54) is 45.6 Å². The quantitative estimate of drug-likeness (QED) is 0.129. The van der Waals surface area contributed by atoms with Gasteiger partial charge in [-0.2, -0.15) is 10.3 Å². The Bertz CT molecular complexity index is 1340. The molecule has 0 N–H and O–H groups in total. The summed E-state index contributed by atoms with van der Waals surface area (Å²) in [5.74, 6) is -0.650. The highest BCUT2D eigenvalue weighted by Gasteiger charge is 2.42. The number of anilines is 1. The van der Waals surface area contributed by atoms with Gasteiger partial charge >= 0.3 is 0 Å². The Morgan fingerprint density at radius 1 is 0.936 bits per heavy atom. The van der Waals surface area contributed by atoms with E-state index < -0.39 is 23.1 Å². The van der Waals surface area contributed by atoms with Crippen molar-refractivity contribution in [3.8, 4) is 6.07 Å². The zero-order valence-corrected chi connectivity index (χ0v) is 32.2. The van der Waals surface area contributed by atoms with Crippen molar-refractivity contribution in [3.63, 3.8) is 0 Å². The third kappa shape index (κ3) is 10.0. The van der Waals surface area contributed by atoms with E-state index in [9.17, 15) is 19.6 Å². The molecule has 0 fully saturated rings. The molecular weight excluding hydrogens is 607 g/mol. The fraction of sp³-hybridized carbons (Fsp3) is 0.711. The Morgan fingerprint density at radius 3 is 1.87 bits per heavy atom. The molecule has 3 amide bonds. The largest absolute Gasteiger partial charge is 0.348 e. The van der Waals surface area contributed by atoms with E-state index >= 15 is 0 Å². The Balaban J connectivity index is 2.80. The molecule has 1 aromatic heterocycles. The predicted molar refractivity (Wildman–Crippen MR) is 195 cm³/mol. The average molecular weight is 668 g/mol. The fourth-order valence-electron chi connectivity index (χ4n) is 6.10. The first kappa shape index (κ1) is 40.2. The summed E-state index contributed by atoms with van der Waals surface area (Å²) in [6.45, 7) is 24.3. The van der Waals surface area contributed by atoms with Gasteiger partial charge in [0.25, 0.3) is 11.8 Å². The Hall–Kier alpha value is -2.99. The highest BCUT2D eigenvalue weighted by atomic mass is 32.1. The number of carbonyl (C=O) groups excluding carboxylic acids is 3. The Kier molecular flexibility index (Phi) is 14.9. The van der Waals surface area contributed by atoms with Crippen LogP contribution in [0.15, 0.2) is 16.7 Å². The second-order valence-corrected chi connectivity index (χ2v) is 16.1. The SMILES string of the molecule is CCCCC(CC)CN(CC(CC)CCCC)c1nc(C(C)(C)C)c(/C=C2\C(=O)N(N(C)C(=O)C(C)(C)C)C(=O)C(C#N)=C2CC)s1. The molecule has 0 saturated carbocycles. The lowest BCUT2D eigenvalue weighted by molar-refractivity contribution is -0.171.